The quantitative estimate of drug-likeness (QED) is 0.454. The number of fused-ring (bicyclic) bond motifs is 1. The highest BCUT2D eigenvalue weighted by Crippen LogP contribution is 2.26. The first-order chi connectivity index (χ1) is 15.6. The number of nitrogens with two attached hydrogens (primary N) is 1. The Morgan fingerprint density at radius 3 is 2.18 bits per heavy atom. The van der Waals surface area contributed by atoms with Gasteiger partial charge in [-0.15, -0.1) is 24.8 Å². The summed E-state index contributed by atoms with van der Waals surface area (Å²) in [6.07, 6.45) is 3.95. The van der Waals surface area contributed by atoms with Crippen molar-refractivity contribution in [3.63, 3.8) is 0 Å². The lowest BCUT2D eigenvalue weighted by Gasteiger charge is -2.32. The Morgan fingerprint density at radius 2 is 1.53 bits per heavy atom. The molecule has 1 amide bonds. The summed E-state index contributed by atoms with van der Waals surface area (Å²) in [6, 6.07) is 20.3. The average Bonchev–Trinajstić information content (AvgIpc) is 3.27. The molecule has 8 heteroatoms. The van der Waals surface area contributed by atoms with E-state index in [2.05, 4.69) is 45.6 Å². The minimum absolute atomic E-state index is 0. The molecule has 5 rings (SSSR count). The van der Waals surface area contributed by atoms with E-state index < -0.39 is 0 Å². The molecule has 2 aromatic heterocycles. The van der Waals surface area contributed by atoms with Gasteiger partial charge < -0.3 is 15.5 Å². The lowest BCUT2D eigenvalue weighted by atomic mass is 10.0. The van der Waals surface area contributed by atoms with Gasteiger partial charge in [-0.1, -0.05) is 36.4 Å². The van der Waals surface area contributed by atoms with Gasteiger partial charge in [0.15, 0.2) is 0 Å². The summed E-state index contributed by atoms with van der Waals surface area (Å²) in [5, 5.41) is 0. The van der Waals surface area contributed by atoms with Gasteiger partial charge in [0.1, 0.15) is 5.65 Å². The molecule has 1 aliphatic heterocycles. The van der Waals surface area contributed by atoms with Crippen LogP contribution in [0.5, 0.6) is 0 Å². The zero-order valence-electron chi connectivity index (χ0n) is 19.1. The molecule has 0 radical (unpaired) electrons. The van der Waals surface area contributed by atoms with Crippen LogP contribution in [0.25, 0.3) is 28.0 Å². The SMILES string of the molecule is CN1CCN(C(=O)c2ccc(-c3ccn4c(-c5ccc(CN)cc5)cnc4c3)cc2)CC1.Cl.Cl. The predicted octanol–water partition coefficient (Wildman–Crippen LogP) is 4.36. The van der Waals surface area contributed by atoms with Crippen LogP contribution < -0.4 is 5.73 Å². The molecule has 0 unspecified atom stereocenters. The first kappa shape index (κ1) is 25.7. The van der Waals surface area contributed by atoms with Crippen molar-refractivity contribution < 1.29 is 4.79 Å². The highest BCUT2D eigenvalue weighted by molar-refractivity contribution is 5.94. The van der Waals surface area contributed by atoms with Gasteiger partial charge in [0.2, 0.25) is 0 Å². The van der Waals surface area contributed by atoms with Crippen molar-refractivity contribution in [2.75, 3.05) is 33.2 Å². The van der Waals surface area contributed by atoms with Crippen LogP contribution in [-0.4, -0.2) is 58.3 Å². The number of carbonyl (C=O) groups is 1. The van der Waals surface area contributed by atoms with Crippen molar-refractivity contribution in [2.45, 2.75) is 6.54 Å². The van der Waals surface area contributed by atoms with Crippen molar-refractivity contribution in [2.24, 2.45) is 5.73 Å². The molecule has 2 aromatic carbocycles. The minimum Gasteiger partial charge on any atom is -0.336 e. The van der Waals surface area contributed by atoms with Crippen molar-refractivity contribution in [1.29, 1.82) is 0 Å². The molecular formula is C26H29Cl2N5O. The maximum Gasteiger partial charge on any atom is 0.253 e. The standard InChI is InChI=1S/C26H27N5O.2ClH/c1-29-12-14-30(15-13-29)26(32)22-8-6-20(7-9-22)23-10-11-31-24(18-28-25(31)16-23)21-4-2-19(17-27)3-5-21;;/h2-11,16,18H,12-15,17,27H2,1H3;2*1H. The number of amides is 1. The second-order valence-electron chi connectivity index (χ2n) is 8.36. The molecule has 0 spiro atoms. The molecule has 34 heavy (non-hydrogen) atoms. The normalized spacial score (nSPS) is 13.9. The van der Waals surface area contributed by atoms with Crippen molar-refractivity contribution in [1.82, 2.24) is 19.2 Å². The molecule has 1 saturated heterocycles. The Bertz CT molecular complexity index is 1250. The molecule has 1 fully saturated rings. The summed E-state index contributed by atoms with van der Waals surface area (Å²) in [4.78, 5) is 21.6. The van der Waals surface area contributed by atoms with Crippen LogP contribution in [0.3, 0.4) is 0 Å². The van der Waals surface area contributed by atoms with Crippen LogP contribution >= 0.6 is 24.8 Å². The zero-order valence-corrected chi connectivity index (χ0v) is 20.7. The van der Waals surface area contributed by atoms with E-state index in [4.69, 9.17) is 5.73 Å². The van der Waals surface area contributed by atoms with Crippen LogP contribution in [0.15, 0.2) is 73.1 Å². The Labute approximate surface area is 212 Å². The van der Waals surface area contributed by atoms with Gasteiger partial charge >= 0.3 is 0 Å². The van der Waals surface area contributed by atoms with Crippen molar-refractivity contribution in [3.05, 3.63) is 84.2 Å². The van der Waals surface area contributed by atoms with E-state index in [-0.39, 0.29) is 30.7 Å². The number of hydrogen-bond acceptors (Lipinski definition) is 4. The van der Waals surface area contributed by atoms with E-state index >= 15 is 0 Å². The second-order valence-corrected chi connectivity index (χ2v) is 8.36. The number of halogens is 2. The van der Waals surface area contributed by atoms with Crippen molar-refractivity contribution >= 4 is 36.4 Å². The van der Waals surface area contributed by atoms with Crippen LogP contribution in [0.1, 0.15) is 15.9 Å². The van der Waals surface area contributed by atoms with Crippen LogP contribution in [-0.2, 0) is 6.54 Å². The highest BCUT2D eigenvalue weighted by Gasteiger charge is 2.20. The predicted molar refractivity (Wildman–Crippen MR) is 142 cm³/mol. The molecule has 0 atom stereocenters. The summed E-state index contributed by atoms with van der Waals surface area (Å²) in [6.45, 7) is 3.95. The number of imidazole rings is 1. The molecule has 6 nitrogen and oxygen atoms in total. The summed E-state index contributed by atoms with van der Waals surface area (Å²) in [5.41, 5.74) is 12.7. The number of rotatable bonds is 4. The van der Waals surface area contributed by atoms with Gasteiger partial charge in [-0.3, -0.25) is 9.20 Å². The number of hydrogen-bond donors (Lipinski definition) is 1. The largest absolute Gasteiger partial charge is 0.336 e. The molecule has 2 N–H and O–H groups in total. The number of likely N-dealkylation sites (N-methyl/N-ethyl adjacent to an activating group) is 1. The third-order valence-electron chi connectivity index (χ3n) is 6.25. The van der Waals surface area contributed by atoms with E-state index in [1.165, 1.54) is 0 Å². The third kappa shape index (κ3) is 5.10. The fraction of sp³-hybridized carbons (Fsp3) is 0.231. The van der Waals surface area contributed by atoms with Gasteiger partial charge in [-0.05, 0) is 48.0 Å². The number of carbonyl (C=O) groups excluding carboxylic acids is 1. The molecule has 3 heterocycles. The maximum absolute atomic E-state index is 12.8. The maximum atomic E-state index is 12.8. The minimum atomic E-state index is 0. The van der Waals surface area contributed by atoms with Gasteiger partial charge in [0.25, 0.3) is 5.91 Å². The Morgan fingerprint density at radius 1 is 0.882 bits per heavy atom. The monoisotopic (exact) mass is 497 g/mol. The van der Waals surface area contributed by atoms with Crippen molar-refractivity contribution in [3.8, 4) is 22.4 Å². The number of pyridine rings is 1. The molecular weight excluding hydrogens is 469 g/mol. The second kappa shape index (κ2) is 11.0. The fourth-order valence-corrected chi connectivity index (χ4v) is 4.18. The van der Waals surface area contributed by atoms with Gasteiger partial charge in [0, 0.05) is 50.0 Å². The third-order valence-corrected chi connectivity index (χ3v) is 6.25. The number of nitrogens with zero attached hydrogens (tertiary/aromatic N) is 4. The first-order valence-electron chi connectivity index (χ1n) is 11.0. The van der Waals surface area contributed by atoms with Crippen LogP contribution in [0.2, 0.25) is 0 Å². The van der Waals surface area contributed by atoms with E-state index in [0.717, 1.165) is 65.3 Å². The van der Waals surface area contributed by atoms with E-state index in [0.29, 0.717) is 6.54 Å². The number of benzene rings is 2. The topological polar surface area (TPSA) is 66.9 Å². The molecule has 0 aliphatic carbocycles. The Balaban J connectivity index is 0.00000162. The van der Waals surface area contributed by atoms with E-state index in [1.807, 2.05) is 53.7 Å². The summed E-state index contributed by atoms with van der Waals surface area (Å²) in [7, 11) is 2.09. The molecule has 178 valence electrons. The Kier molecular flexibility index (Phi) is 8.33. The van der Waals surface area contributed by atoms with Crippen LogP contribution in [0, 0.1) is 0 Å². The number of aromatic nitrogens is 2. The molecule has 4 aromatic rings. The fourth-order valence-electron chi connectivity index (χ4n) is 4.18. The lowest BCUT2D eigenvalue weighted by Crippen LogP contribution is -2.47. The van der Waals surface area contributed by atoms with E-state index in [9.17, 15) is 4.79 Å². The van der Waals surface area contributed by atoms with Gasteiger partial charge in [-0.2, -0.15) is 0 Å². The summed E-state index contributed by atoms with van der Waals surface area (Å²) < 4.78 is 2.09. The molecule has 1 aliphatic rings. The average molecular weight is 498 g/mol. The zero-order chi connectivity index (χ0) is 22.1. The van der Waals surface area contributed by atoms with Gasteiger partial charge in [0.05, 0.1) is 11.9 Å². The first-order valence-corrected chi connectivity index (χ1v) is 11.0. The van der Waals surface area contributed by atoms with Gasteiger partial charge in [-0.25, -0.2) is 4.98 Å². The van der Waals surface area contributed by atoms with Crippen LogP contribution in [0.4, 0.5) is 0 Å². The number of piperazine rings is 1. The summed E-state index contributed by atoms with van der Waals surface area (Å²) in [5.74, 6) is 0.110. The smallest absolute Gasteiger partial charge is 0.253 e. The molecule has 0 saturated carbocycles. The highest BCUT2D eigenvalue weighted by atomic mass is 35.5. The lowest BCUT2D eigenvalue weighted by molar-refractivity contribution is 0.0664. The summed E-state index contributed by atoms with van der Waals surface area (Å²) >= 11 is 0. The molecule has 0 bridgehead atoms. The Hall–Kier alpha value is -2.90. The van der Waals surface area contributed by atoms with E-state index in [1.54, 1.807) is 0 Å².